The Morgan fingerprint density at radius 1 is 1.17 bits per heavy atom. The van der Waals surface area contributed by atoms with Crippen LogP contribution in [0.1, 0.15) is 12.1 Å². The van der Waals surface area contributed by atoms with Gasteiger partial charge in [-0.15, -0.1) is 0 Å². The van der Waals surface area contributed by atoms with Gasteiger partial charge in [-0.3, -0.25) is 10.1 Å². The molecule has 0 radical (unpaired) electrons. The van der Waals surface area contributed by atoms with Gasteiger partial charge in [0.1, 0.15) is 5.82 Å². The second-order valence-electron chi connectivity index (χ2n) is 5.50. The molecule has 0 bridgehead atoms. The van der Waals surface area contributed by atoms with Crippen molar-refractivity contribution < 1.29 is 9.59 Å². The molecule has 1 aliphatic heterocycles. The quantitative estimate of drug-likeness (QED) is 0.913. The first-order chi connectivity index (χ1) is 11.1. The molecule has 118 valence electrons. The lowest BCUT2D eigenvalue weighted by molar-refractivity contribution is -0.117. The zero-order valence-electron chi connectivity index (χ0n) is 12.8. The summed E-state index contributed by atoms with van der Waals surface area (Å²) in [5, 5.41) is 5.51. The number of rotatable bonds is 3. The lowest BCUT2D eigenvalue weighted by Gasteiger charge is -2.17. The van der Waals surface area contributed by atoms with Crippen LogP contribution in [0.25, 0.3) is 0 Å². The van der Waals surface area contributed by atoms with Crippen molar-refractivity contribution in [3.8, 4) is 0 Å². The van der Waals surface area contributed by atoms with E-state index in [2.05, 4.69) is 15.6 Å². The summed E-state index contributed by atoms with van der Waals surface area (Å²) in [5.74, 6) is 0.502. The number of hydrogen-bond donors (Lipinski definition) is 2. The van der Waals surface area contributed by atoms with Crippen molar-refractivity contribution in [2.75, 3.05) is 16.8 Å². The van der Waals surface area contributed by atoms with E-state index in [1.54, 1.807) is 11.0 Å². The summed E-state index contributed by atoms with van der Waals surface area (Å²) in [6.07, 6.45) is 0.295. The minimum absolute atomic E-state index is 0.00943. The van der Waals surface area contributed by atoms with Gasteiger partial charge in [0.05, 0.1) is 6.04 Å². The number of aromatic nitrogens is 1. The van der Waals surface area contributed by atoms with Crippen LogP contribution in [0, 0.1) is 6.92 Å². The number of anilines is 2. The summed E-state index contributed by atoms with van der Waals surface area (Å²) < 4.78 is 0. The summed E-state index contributed by atoms with van der Waals surface area (Å²) >= 11 is 0. The van der Waals surface area contributed by atoms with Gasteiger partial charge in [-0.05, 0) is 31.2 Å². The zero-order chi connectivity index (χ0) is 16.2. The van der Waals surface area contributed by atoms with Crippen LogP contribution in [-0.4, -0.2) is 29.5 Å². The molecule has 1 fully saturated rings. The average Bonchev–Trinajstić information content (AvgIpc) is 2.88. The maximum Gasteiger partial charge on any atom is 0.320 e. The molecule has 2 aromatic rings. The predicted octanol–water partition coefficient (Wildman–Crippen LogP) is 2.32. The molecule has 1 aliphatic rings. The lowest BCUT2D eigenvalue weighted by Crippen LogP contribution is -2.39. The van der Waals surface area contributed by atoms with Crippen LogP contribution in [0.5, 0.6) is 0 Å². The number of para-hydroxylation sites is 1. The molecular weight excluding hydrogens is 292 g/mol. The Morgan fingerprint density at radius 2 is 1.96 bits per heavy atom. The van der Waals surface area contributed by atoms with Gasteiger partial charge in [0.15, 0.2) is 0 Å². The molecule has 2 heterocycles. The molecule has 0 aliphatic carbocycles. The van der Waals surface area contributed by atoms with E-state index < -0.39 is 0 Å². The van der Waals surface area contributed by atoms with Gasteiger partial charge in [0, 0.05) is 24.3 Å². The Morgan fingerprint density at radius 3 is 2.70 bits per heavy atom. The Hall–Kier alpha value is -2.89. The van der Waals surface area contributed by atoms with E-state index >= 15 is 0 Å². The maximum atomic E-state index is 12.1. The molecule has 0 spiro atoms. The third kappa shape index (κ3) is 3.66. The fourth-order valence-electron chi connectivity index (χ4n) is 2.61. The van der Waals surface area contributed by atoms with Crippen molar-refractivity contribution in [1.29, 1.82) is 0 Å². The molecule has 1 saturated heterocycles. The number of carbonyl (C=O) groups excluding carboxylic acids is 2. The highest BCUT2D eigenvalue weighted by molar-refractivity contribution is 5.97. The Balaban J connectivity index is 1.59. The Bertz CT molecular complexity index is 718. The fourth-order valence-corrected chi connectivity index (χ4v) is 2.61. The topological polar surface area (TPSA) is 74.3 Å². The molecule has 0 unspecified atom stereocenters. The van der Waals surface area contributed by atoms with Crippen molar-refractivity contribution in [2.24, 2.45) is 0 Å². The number of pyridine rings is 1. The molecule has 1 atom stereocenters. The van der Waals surface area contributed by atoms with Crippen LogP contribution < -0.4 is 15.5 Å². The molecule has 3 rings (SSSR count). The number of nitrogens with zero attached hydrogens (tertiary/aromatic N) is 2. The summed E-state index contributed by atoms with van der Waals surface area (Å²) in [4.78, 5) is 30.1. The van der Waals surface area contributed by atoms with Crippen LogP contribution >= 0.6 is 0 Å². The van der Waals surface area contributed by atoms with Gasteiger partial charge in [0.2, 0.25) is 5.91 Å². The smallest absolute Gasteiger partial charge is 0.320 e. The van der Waals surface area contributed by atoms with Crippen molar-refractivity contribution in [3.05, 3.63) is 54.2 Å². The number of amides is 3. The monoisotopic (exact) mass is 310 g/mol. The predicted molar refractivity (Wildman–Crippen MR) is 88.3 cm³/mol. The highest BCUT2D eigenvalue weighted by Gasteiger charge is 2.31. The lowest BCUT2D eigenvalue weighted by atomic mass is 10.2. The summed E-state index contributed by atoms with van der Waals surface area (Å²) in [7, 11) is 0. The van der Waals surface area contributed by atoms with Crippen LogP contribution in [0.15, 0.2) is 48.5 Å². The molecule has 3 amide bonds. The van der Waals surface area contributed by atoms with E-state index in [4.69, 9.17) is 0 Å². The van der Waals surface area contributed by atoms with E-state index in [-0.39, 0.29) is 18.0 Å². The number of carbonyl (C=O) groups is 2. The largest absolute Gasteiger partial charge is 0.333 e. The fraction of sp³-hybridized carbons (Fsp3) is 0.235. The molecule has 1 aromatic carbocycles. The standard InChI is InChI=1S/C17H18N4O2/c1-12-6-5-9-15(18-12)20-17(23)19-13-10-16(22)21(11-13)14-7-3-2-4-8-14/h2-9,13H,10-11H2,1H3,(H2,18,19,20,23)/t13-/m1/s1. The van der Waals surface area contributed by atoms with Crippen molar-refractivity contribution >= 4 is 23.4 Å². The maximum absolute atomic E-state index is 12.1. The second kappa shape index (κ2) is 6.48. The van der Waals surface area contributed by atoms with E-state index in [1.165, 1.54) is 0 Å². The molecular formula is C17H18N4O2. The van der Waals surface area contributed by atoms with Gasteiger partial charge >= 0.3 is 6.03 Å². The van der Waals surface area contributed by atoms with E-state index in [0.29, 0.717) is 18.8 Å². The van der Waals surface area contributed by atoms with E-state index in [9.17, 15) is 9.59 Å². The molecule has 23 heavy (non-hydrogen) atoms. The Labute approximate surface area is 134 Å². The third-order valence-corrected chi connectivity index (χ3v) is 3.66. The van der Waals surface area contributed by atoms with Crippen molar-refractivity contribution in [3.63, 3.8) is 0 Å². The number of urea groups is 1. The van der Waals surface area contributed by atoms with Gasteiger partial charge in [-0.25, -0.2) is 9.78 Å². The Kier molecular flexibility index (Phi) is 4.23. The summed E-state index contributed by atoms with van der Waals surface area (Å²) in [6, 6.07) is 14.3. The molecule has 6 nitrogen and oxygen atoms in total. The number of aryl methyl sites for hydroxylation is 1. The minimum atomic E-state index is -0.351. The number of benzene rings is 1. The van der Waals surface area contributed by atoms with Crippen molar-refractivity contribution in [2.45, 2.75) is 19.4 Å². The normalized spacial score (nSPS) is 17.2. The molecule has 2 N–H and O–H groups in total. The first-order valence-electron chi connectivity index (χ1n) is 7.48. The molecule has 0 saturated carbocycles. The third-order valence-electron chi connectivity index (χ3n) is 3.66. The van der Waals surface area contributed by atoms with Crippen LogP contribution in [-0.2, 0) is 4.79 Å². The minimum Gasteiger partial charge on any atom is -0.333 e. The first kappa shape index (κ1) is 15.0. The second-order valence-corrected chi connectivity index (χ2v) is 5.50. The summed E-state index contributed by atoms with van der Waals surface area (Å²) in [5.41, 5.74) is 1.68. The summed E-state index contributed by atoms with van der Waals surface area (Å²) in [6.45, 7) is 2.33. The average molecular weight is 310 g/mol. The highest BCUT2D eigenvalue weighted by Crippen LogP contribution is 2.21. The van der Waals surface area contributed by atoms with E-state index in [1.807, 2.05) is 49.4 Å². The SMILES string of the molecule is Cc1cccc(NC(=O)N[C@@H]2CC(=O)N(c3ccccc3)C2)n1. The number of nitrogens with one attached hydrogen (secondary N) is 2. The van der Waals surface area contributed by atoms with Crippen LogP contribution in [0.3, 0.4) is 0 Å². The first-order valence-corrected chi connectivity index (χ1v) is 7.48. The van der Waals surface area contributed by atoms with Crippen LogP contribution in [0.4, 0.5) is 16.3 Å². The molecule has 1 aromatic heterocycles. The van der Waals surface area contributed by atoms with Gasteiger partial charge < -0.3 is 10.2 Å². The zero-order valence-corrected chi connectivity index (χ0v) is 12.8. The van der Waals surface area contributed by atoms with Crippen LogP contribution in [0.2, 0.25) is 0 Å². The molecule has 6 heteroatoms. The van der Waals surface area contributed by atoms with Gasteiger partial charge in [-0.1, -0.05) is 24.3 Å². The van der Waals surface area contributed by atoms with Gasteiger partial charge in [-0.2, -0.15) is 0 Å². The van der Waals surface area contributed by atoms with Gasteiger partial charge in [0.25, 0.3) is 0 Å². The highest BCUT2D eigenvalue weighted by atomic mass is 16.2. The number of hydrogen-bond acceptors (Lipinski definition) is 3. The van der Waals surface area contributed by atoms with E-state index in [0.717, 1.165) is 11.4 Å². The van der Waals surface area contributed by atoms with Crippen molar-refractivity contribution in [1.82, 2.24) is 10.3 Å².